The van der Waals surface area contributed by atoms with Gasteiger partial charge < -0.3 is 10.4 Å². The molecule has 2 N–H and O–H groups in total. The molecule has 0 radical (unpaired) electrons. The molecule has 2 aromatic rings. The van der Waals surface area contributed by atoms with Crippen LogP contribution in [-0.2, 0) is 0 Å². The summed E-state index contributed by atoms with van der Waals surface area (Å²) in [7, 11) is 0. The van der Waals surface area contributed by atoms with Crippen LogP contribution >= 0.6 is 23.2 Å². The molecule has 0 aliphatic heterocycles. The van der Waals surface area contributed by atoms with Crippen LogP contribution in [0.25, 0.3) is 0 Å². The highest BCUT2D eigenvalue weighted by molar-refractivity contribution is 6.34. The number of carboxylic acids is 1. The van der Waals surface area contributed by atoms with Crippen LogP contribution in [0.5, 0.6) is 0 Å². The first-order chi connectivity index (χ1) is 13.7. The van der Waals surface area contributed by atoms with Crippen molar-refractivity contribution in [3.8, 4) is 0 Å². The lowest BCUT2D eigenvalue weighted by molar-refractivity contribution is -0.385. The SMILES string of the molecule is O=C(O)c1ccc([N+](=O)[O-])cc1Cl.[2H]C([2H])([2H])NC(=O)c1ccc([N+](=O)[O-])cc1Cl. The first kappa shape index (κ1) is 17.2. The highest BCUT2D eigenvalue weighted by Gasteiger charge is 2.14. The number of carbonyl (C=O) groups excluding carboxylic acids is 1. The number of non-ortho nitro benzene ring substituents is 2. The van der Waals surface area contributed by atoms with Crippen molar-refractivity contribution < 1.29 is 28.7 Å². The molecule has 0 aliphatic rings. The second kappa shape index (κ2) is 9.46. The summed E-state index contributed by atoms with van der Waals surface area (Å²) in [5.41, 5.74) is -0.781. The van der Waals surface area contributed by atoms with E-state index < -0.39 is 28.7 Å². The first-order valence-corrected chi connectivity index (χ1v) is 7.42. The van der Waals surface area contributed by atoms with E-state index >= 15 is 0 Å². The van der Waals surface area contributed by atoms with Crippen molar-refractivity contribution in [3.63, 3.8) is 0 Å². The minimum atomic E-state index is -2.64. The zero-order valence-electron chi connectivity index (χ0n) is 16.0. The zero-order chi connectivity index (χ0) is 23.2. The molecule has 0 aromatic heterocycles. The molecule has 0 spiro atoms. The van der Waals surface area contributed by atoms with Crippen molar-refractivity contribution in [2.45, 2.75) is 0 Å². The third-order valence-electron chi connectivity index (χ3n) is 2.92. The van der Waals surface area contributed by atoms with Gasteiger partial charge in [0.25, 0.3) is 17.3 Å². The highest BCUT2D eigenvalue weighted by atomic mass is 35.5. The van der Waals surface area contributed by atoms with Crippen LogP contribution in [0.15, 0.2) is 36.4 Å². The van der Waals surface area contributed by atoms with Crippen molar-refractivity contribution in [2.75, 3.05) is 6.98 Å². The van der Waals surface area contributed by atoms with Crippen molar-refractivity contribution >= 4 is 46.5 Å². The normalized spacial score (nSPS) is 11.7. The van der Waals surface area contributed by atoms with Gasteiger partial charge >= 0.3 is 5.97 Å². The van der Waals surface area contributed by atoms with E-state index in [1.807, 2.05) is 0 Å². The summed E-state index contributed by atoms with van der Waals surface area (Å²) in [6, 6.07) is 6.35. The van der Waals surface area contributed by atoms with E-state index in [2.05, 4.69) is 0 Å². The number of carbonyl (C=O) groups is 2. The molecular formula is C15H11Cl2N3O7. The number of nitro benzene ring substituents is 2. The molecule has 0 saturated carbocycles. The number of hydrogen-bond acceptors (Lipinski definition) is 6. The lowest BCUT2D eigenvalue weighted by atomic mass is 10.2. The number of amides is 1. The predicted octanol–water partition coefficient (Wildman–Crippen LogP) is 3.55. The second-order valence-corrected chi connectivity index (χ2v) is 5.42. The number of nitrogens with one attached hydrogen (secondary N) is 1. The Kier molecular flexibility index (Phi) is 6.02. The molecule has 0 fully saturated rings. The number of carboxylic acid groups (broad SMARTS) is 1. The van der Waals surface area contributed by atoms with E-state index in [0.717, 1.165) is 36.4 Å². The van der Waals surface area contributed by atoms with Gasteiger partial charge in [0.1, 0.15) is 0 Å². The number of benzene rings is 2. The Labute approximate surface area is 165 Å². The van der Waals surface area contributed by atoms with Crippen LogP contribution in [0.2, 0.25) is 10.0 Å². The summed E-state index contributed by atoms with van der Waals surface area (Å²) in [5.74, 6) is -2.12. The zero-order valence-corrected chi connectivity index (χ0v) is 14.5. The van der Waals surface area contributed by atoms with Crippen LogP contribution in [0.3, 0.4) is 0 Å². The Bertz CT molecular complexity index is 1020. The van der Waals surface area contributed by atoms with E-state index in [0.29, 0.717) is 0 Å². The summed E-state index contributed by atoms with van der Waals surface area (Å²) in [6.07, 6.45) is 0. The van der Waals surface area contributed by atoms with Gasteiger partial charge in [-0.25, -0.2) is 4.79 Å². The molecular weight excluding hydrogens is 405 g/mol. The van der Waals surface area contributed by atoms with Crippen LogP contribution in [-0.4, -0.2) is 33.8 Å². The number of nitrogens with zero attached hydrogens (tertiary/aromatic N) is 2. The van der Waals surface area contributed by atoms with Gasteiger partial charge in [-0.2, -0.15) is 0 Å². The average Bonchev–Trinajstić information content (AvgIpc) is 2.59. The number of halogens is 2. The maximum Gasteiger partial charge on any atom is 0.337 e. The molecule has 1 amide bonds. The summed E-state index contributed by atoms with van der Waals surface area (Å²) < 4.78 is 20.5. The highest BCUT2D eigenvalue weighted by Crippen LogP contribution is 2.23. The minimum absolute atomic E-state index is 0.131. The predicted molar refractivity (Wildman–Crippen MR) is 96.6 cm³/mol. The fourth-order valence-corrected chi connectivity index (χ4v) is 2.18. The van der Waals surface area contributed by atoms with Crippen LogP contribution < -0.4 is 5.32 Å². The number of aromatic carboxylic acids is 1. The van der Waals surface area contributed by atoms with Crippen LogP contribution in [0, 0.1) is 20.2 Å². The van der Waals surface area contributed by atoms with E-state index in [9.17, 15) is 29.8 Å². The molecule has 27 heavy (non-hydrogen) atoms. The van der Waals surface area contributed by atoms with Gasteiger partial charge in [0.05, 0.1) is 31.0 Å². The first-order valence-electron chi connectivity index (χ1n) is 8.16. The van der Waals surface area contributed by atoms with Crippen molar-refractivity contribution in [1.29, 1.82) is 0 Å². The molecule has 0 heterocycles. The third-order valence-corrected chi connectivity index (χ3v) is 3.54. The maximum atomic E-state index is 11.4. The Hall–Kier alpha value is -3.24. The number of nitro groups is 2. The lowest BCUT2D eigenvalue weighted by Gasteiger charge is -2.01. The molecule has 2 rings (SSSR count). The topological polar surface area (TPSA) is 153 Å². The summed E-state index contributed by atoms with van der Waals surface area (Å²) in [4.78, 5) is 41.2. The molecule has 0 bridgehead atoms. The van der Waals surface area contributed by atoms with Crippen LogP contribution in [0.1, 0.15) is 24.8 Å². The number of hydrogen-bond donors (Lipinski definition) is 2. The smallest absolute Gasteiger partial charge is 0.337 e. The fraction of sp³-hybridized carbons (Fsp3) is 0.0667. The second-order valence-electron chi connectivity index (χ2n) is 4.60. The van der Waals surface area contributed by atoms with Gasteiger partial charge in [0.15, 0.2) is 0 Å². The Balaban J connectivity index is 0.000000311. The Morgan fingerprint density at radius 1 is 1.00 bits per heavy atom. The van der Waals surface area contributed by atoms with E-state index in [1.165, 1.54) is 0 Å². The third kappa shape index (κ3) is 5.90. The van der Waals surface area contributed by atoms with Gasteiger partial charge in [-0.05, 0) is 12.1 Å². The monoisotopic (exact) mass is 418 g/mol. The van der Waals surface area contributed by atoms with E-state index in [4.69, 9.17) is 32.4 Å². The van der Waals surface area contributed by atoms with Crippen molar-refractivity contribution in [2.24, 2.45) is 0 Å². The van der Waals surface area contributed by atoms with Gasteiger partial charge in [-0.1, -0.05) is 23.2 Å². The standard InChI is InChI=1S/C8H7ClN2O3.C7H4ClNO4/c1-10-8(12)6-3-2-5(11(13)14)4-7(6)9;8-6-3-4(9(12)13)1-2-5(6)7(10)11/h2-4H,1H3,(H,10,12);1-3H,(H,10,11)/i1D3;. The maximum absolute atomic E-state index is 11.4. The molecule has 0 unspecified atom stereocenters. The molecule has 2 aromatic carbocycles. The Morgan fingerprint density at radius 2 is 1.44 bits per heavy atom. The average molecular weight is 419 g/mol. The molecule has 0 aliphatic carbocycles. The van der Waals surface area contributed by atoms with Gasteiger partial charge in [-0.3, -0.25) is 25.0 Å². The summed E-state index contributed by atoms with van der Waals surface area (Å²) >= 11 is 11.1. The largest absolute Gasteiger partial charge is 0.478 e. The number of rotatable bonds is 4. The van der Waals surface area contributed by atoms with Crippen molar-refractivity contribution in [3.05, 3.63) is 77.8 Å². The molecule has 12 heteroatoms. The van der Waals surface area contributed by atoms with Gasteiger partial charge in [0, 0.05) is 35.4 Å². The van der Waals surface area contributed by atoms with E-state index in [-0.39, 0.29) is 32.5 Å². The van der Waals surface area contributed by atoms with E-state index in [1.54, 1.807) is 5.32 Å². The molecule has 142 valence electrons. The van der Waals surface area contributed by atoms with Crippen molar-refractivity contribution in [1.82, 2.24) is 5.32 Å². The molecule has 10 nitrogen and oxygen atoms in total. The summed E-state index contributed by atoms with van der Waals surface area (Å²) in [6.45, 7) is -2.64. The van der Waals surface area contributed by atoms with Gasteiger partial charge in [0.2, 0.25) is 0 Å². The lowest BCUT2D eigenvalue weighted by Crippen LogP contribution is -2.18. The van der Waals surface area contributed by atoms with Gasteiger partial charge in [-0.15, -0.1) is 0 Å². The fourth-order valence-electron chi connectivity index (χ4n) is 1.66. The minimum Gasteiger partial charge on any atom is -0.478 e. The summed E-state index contributed by atoms with van der Waals surface area (Å²) in [5, 5.41) is 30.6. The molecule has 0 saturated heterocycles. The molecule has 0 atom stereocenters. The van der Waals surface area contributed by atoms with Crippen LogP contribution in [0.4, 0.5) is 11.4 Å². The Morgan fingerprint density at radius 3 is 1.78 bits per heavy atom. The quantitative estimate of drug-likeness (QED) is 0.568.